The Morgan fingerprint density at radius 1 is 1.42 bits per heavy atom. The van der Waals surface area contributed by atoms with Gasteiger partial charge in [0.2, 0.25) is 5.91 Å². The molecule has 0 bridgehead atoms. The maximum absolute atomic E-state index is 11.3. The molecular formula is C10H17NO. The molecule has 1 amide bonds. The third kappa shape index (κ3) is 1.87. The van der Waals surface area contributed by atoms with Crippen LogP contribution in [-0.2, 0) is 4.79 Å². The Labute approximate surface area is 74.2 Å². The van der Waals surface area contributed by atoms with Crippen molar-refractivity contribution in [2.45, 2.75) is 27.2 Å². The number of carbonyl (C=O) groups is 1. The van der Waals surface area contributed by atoms with E-state index >= 15 is 0 Å². The number of carbonyl (C=O) groups excluding carboxylic acids is 1. The number of rotatable bonds is 0. The lowest BCUT2D eigenvalue weighted by atomic mass is 9.83. The summed E-state index contributed by atoms with van der Waals surface area (Å²) in [5.74, 6) is 0.145. The van der Waals surface area contributed by atoms with E-state index in [0.29, 0.717) is 0 Å². The number of likely N-dealkylation sites (N-methyl/N-ethyl adjacent to an activating group) is 1. The van der Waals surface area contributed by atoms with E-state index in [1.165, 1.54) is 5.57 Å². The van der Waals surface area contributed by atoms with E-state index in [4.69, 9.17) is 0 Å². The summed E-state index contributed by atoms with van der Waals surface area (Å²) in [5, 5.41) is 0. The molecule has 1 rings (SSSR count). The zero-order valence-electron chi connectivity index (χ0n) is 8.35. The molecule has 68 valence electrons. The standard InChI is InChI=1S/C10H17NO/c1-10(2,3)8-5-6-11(4)9(12)7-8/h7H,5-6H2,1-4H3. The Hall–Kier alpha value is -0.790. The van der Waals surface area contributed by atoms with Crippen molar-refractivity contribution >= 4 is 5.91 Å². The molecule has 1 heterocycles. The molecule has 1 aliphatic rings. The van der Waals surface area contributed by atoms with E-state index < -0.39 is 0 Å². The maximum Gasteiger partial charge on any atom is 0.246 e. The van der Waals surface area contributed by atoms with Gasteiger partial charge in [0.05, 0.1) is 0 Å². The number of hydrogen-bond donors (Lipinski definition) is 0. The minimum absolute atomic E-state index is 0.145. The molecule has 0 spiro atoms. The molecule has 2 nitrogen and oxygen atoms in total. The van der Waals surface area contributed by atoms with Crippen molar-refractivity contribution in [3.8, 4) is 0 Å². The highest BCUT2D eigenvalue weighted by molar-refractivity contribution is 5.89. The van der Waals surface area contributed by atoms with Gasteiger partial charge < -0.3 is 4.90 Å². The fraction of sp³-hybridized carbons (Fsp3) is 0.700. The minimum atomic E-state index is 0.145. The molecule has 0 N–H and O–H groups in total. The third-order valence-corrected chi connectivity index (χ3v) is 2.35. The fourth-order valence-electron chi connectivity index (χ4n) is 1.32. The summed E-state index contributed by atoms with van der Waals surface area (Å²) >= 11 is 0. The van der Waals surface area contributed by atoms with Crippen LogP contribution in [-0.4, -0.2) is 24.4 Å². The normalized spacial score (nSPS) is 19.5. The predicted octanol–water partition coefficient (Wildman–Crippen LogP) is 1.82. The van der Waals surface area contributed by atoms with Gasteiger partial charge in [-0.05, 0) is 11.8 Å². The topological polar surface area (TPSA) is 20.3 Å². The van der Waals surface area contributed by atoms with Crippen LogP contribution in [0, 0.1) is 5.41 Å². The second-order valence-corrected chi connectivity index (χ2v) is 4.43. The van der Waals surface area contributed by atoms with Crippen LogP contribution >= 0.6 is 0 Å². The molecule has 0 saturated heterocycles. The van der Waals surface area contributed by atoms with Crippen LogP contribution in [0.1, 0.15) is 27.2 Å². The summed E-state index contributed by atoms with van der Waals surface area (Å²) in [6.45, 7) is 7.31. The molecule has 12 heavy (non-hydrogen) atoms. The van der Waals surface area contributed by atoms with Crippen LogP contribution in [0.5, 0.6) is 0 Å². The average Bonchev–Trinajstić information content (AvgIpc) is 1.92. The minimum Gasteiger partial charge on any atom is -0.342 e. The van der Waals surface area contributed by atoms with E-state index in [1.54, 1.807) is 11.0 Å². The van der Waals surface area contributed by atoms with Gasteiger partial charge in [-0.1, -0.05) is 26.3 Å². The quantitative estimate of drug-likeness (QED) is 0.539. The van der Waals surface area contributed by atoms with E-state index in [9.17, 15) is 4.79 Å². The lowest BCUT2D eigenvalue weighted by molar-refractivity contribution is -0.125. The third-order valence-electron chi connectivity index (χ3n) is 2.35. The van der Waals surface area contributed by atoms with Crippen LogP contribution < -0.4 is 0 Å². The second-order valence-electron chi connectivity index (χ2n) is 4.43. The van der Waals surface area contributed by atoms with Gasteiger partial charge in [0.1, 0.15) is 0 Å². The Balaban J connectivity index is 2.83. The van der Waals surface area contributed by atoms with Crippen molar-refractivity contribution < 1.29 is 4.79 Å². The number of amides is 1. The zero-order valence-corrected chi connectivity index (χ0v) is 8.35. The summed E-state index contributed by atoms with van der Waals surface area (Å²) in [7, 11) is 1.85. The Bertz CT molecular complexity index is 222. The van der Waals surface area contributed by atoms with E-state index in [-0.39, 0.29) is 11.3 Å². The van der Waals surface area contributed by atoms with E-state index in [2.05, 4.69) is 20.8 Å². The van der Waals surface area contributed by atoms with Crippen LogP contribution in [0.2, 0.25) is 0 Å². The van der Waals surface area contributed by atoms with Gasteiger partial charge in [-0.3, -0.25) is 4.79 Å². The molecule has 2 heteroatoms. The first-order valence-electron chi connectivity index (χ1n) is 4.37. The molecular weight excluding hydrogens is 150 g/mol. The molecule has 0 atom stereocenters. The Morgan fingerprint density at radius 2 is 2.00 bits per heavy atom. The molecule has 0 aliphatic carbocycles. The fourth-order valence-corrected chi connectivity index (χ4v) is 1.32. The SMILES string of the molecule is CN1CCC(C(C)(C)C)=CC1=O. The zero-order chi connectivity index (χ0) is 9.35. The molecule has 0 unspecified atom stereocenters. The van der Waals surface area contributed by atoms with Gasteiger partial charge in [-0.2, -0.15) is 0 Å². The first-order valence-corrected chi connectivity index (χ1v) is 4.37. The van der Waals surface area contributed by atoms with Crippen molar-refractivity contribution in [3.05, 3.63) is 11.6 Å². The van der Waals surface area contributed by atoms with Gasteiger partial charge in [0, 0.05) is 19.7 Å². The van der Waals surface area contributed by atoms with Gasteiger partial charge >= 0.3 is 0 Å². The Morgan fingerprint density at radius 3 is 2.42 bits per heavy atom. The molecule has 0 saturated carbocycles. The van der Waals surface area contributed by atoms with Crippen molar-refractivity contribution in [1.29, 1.82) is 0 Å². The molecule has 0 radical (unpaired) electrons. The monoisotopic (exact) mass is 167 g/mol. The van der Waals surface area contributed by atoms with Crippen molar-refractivity contribution in [1.82, 2.24) is 4.90 Å². The van der Waals surface area contributed by atoms with E-state index in [1.807, 2.05) is 7.05 Å². The first-order chi connectivity index (χ1) is 5.41. The van der Waals surface area contributed by atoms with Gasteiger partial charge in [0.25, 0.3) is 0 Å². The van der Waals surface area contributed by atoms with Crippen LogP contribution in [0.4, 0.5) is 0 Å². The molecule has 0 aromatic carbocycles. The average molecular weight is 167 g/mol. The lowest BCUT2D eigenvalue weighted by Gasteiger charge is -2.29. The first kappa shape index (κ1) is 9.30. The van der Waals surface area contributed by atoms with Crippen LogP contribution in [0.15, 0.2) is 11.6 Å². The summed E-state index contributed by atoms with van der Waals surface area (Å²) in [6.07, 6.45) is 2.80. The highest BCUT2D eigenvalue weighted by atomic mass is 16.2. The number of hydrogen-bond acceptors (Lipinski definition) is 1. The molecule has 0 aromatic heterocycles. The largest absolute Gasteiger partial charge is 0.342 e. The second kappa shape index (κ2) is 2.92. The highest BCUT2D eigenvalue weighted by Gasteiger charge is 2.23. The maximum atomic E-state index is 11.3. The molecule has 1 aliphatic heterocycles. The molecule has 0 aromatic rings. The lowest BCUT2D eigenvalue weighted by Crippen LogP contribution is -2.32. The summed E-state index contributed by atoms with van der Waals surface area (Å²) in [5.41, 5.74) is 1.42. The van der Waals surface area contributed by atoms with Gasteiger partial charge in [-0.15, -0.1) is 0 Å². The van der Waals surface area contributed by atoms with Crippen LogP contribution in [0.25, 0.3) is 0 Å². The Kier molecular flexibility index (Phi) is 2.27. The highest BCUT2D eigenvalue weighted by Crippen LogP contribution is 2.29. The van der Waals surface area contributed by atoms with Gasteiger partial charge in [0.15, 0.2) is 0 Å². The molecule has 0 fully saturated rings. The summed E-state index contributed by atoms with van der Waals surface area (Å²) in [4.78, 5) is 13.1. The van der Waals surface area contributed by atoms with Crippen LogP contribution in [0.3, 0.4) is 0 Å². The smallest absolute Gasteiger partial charge is 0.246 e. The van der Waals surface area contributed by atoms with E-state index in [0.717, 1.165) is 13.0 Å². The predicted molar refractivity (Wildman–Crippen MR) is 49.8 cm³/mol. The van der Waals surface area contributed by atoms with Crippen molar-refractivity contribution in [2.24, 2.45) is 5.41 Å². The summed E-state index contributed by atoms with van der Waals surface area (Å²) < 4.78 is 0. The van der Waals surface area contributed by atoms with Crippen molar-refractivity contribution in [2.75, 3.05) is 13.6 Å². The van der Waals surface area contributed by atoms with Crippen molar-refractivity contribution in [3.63, 3.8) is 0 Å². The van der Waals surface area contributed by atoms with Gasteiger partial charge in [-0.25, -0.2) is 0 Å². The summed E-state index contributed by atoms with van der Waals surface area (Å²) in [6, 6.07) is 0. The number of nitrogens with zero attached hydrogens (tertiary/aromatic N) is 1.